The van der Waals surface area contributed by atoms with E-state index in [1.165, 1.54) is 0 Å². The highest BCUT2D eigenvalue weighted by Crippen LogP contribution is 2.21. The molecule has 15 heavy (non-hydrogen) atoms. The number of hydrogen-bond donors (Lipinski definition) is 2. The predicted molar refractivity (Wildman–Crippen MR) is 68.1 cm³/mol. The van der Waals surface area contributed by atoms with E-state index < -0.39 is 0 Å². The number of nitrogens with zero attached hydrogens (tertiary/aromatic N) is 1. The summed E-state index contributed by atoms with van der Waals surface area (Å²) in [6, 6.07) is 5.65. The summed E-state index contributed by atoms with van der Waals surface area (Å²) in [6.07, 6.45) is 0. The highest BCUT2D eigenvalue weighted by Gasteiger charge is 2.07. The summed E-state index contributed by atoms with van der Waals surface area (Å²) in [5.41, 5.74) is 3.44. The molecule has 1 rings (SSSR count). The Morgan fingerprint density at radius 1 is 1.53 bits per heavy atom. The zero-order chi connectivity index (χ0) is 11.4. The molecule has 3 N–H and O–H groups in total. The minimum Gasteiger partial charge on any atom is -0.308 e. The van der Waals surface area contributed by atoms with Crippen molar-refractivity contribution in [2.75, 3.05) is 0 Å². The first-order chi connectivity index (χ1) is 7.04. The van der Waals surface area contributed by atoms with Crippen LogP contribution in [0, 0.1) is 0 Å². The maximum Gasteiger partial charge on any atom is 0.143 e. The normalized spacial score (nSPS) is 12.0. The SMILES string of the molecule is CC(C)N=C(NN)c1cc(Cl)ccc1Br. The molecule has 0 heterocycles. The second-order valence-electron chi connectivity index (χ2n) is 3.34. The predicted octanol–water partition coefficient (Wildman–Crippen LogP) is 2.72. The minimum atomic E-state index is 0.168. The third-order valence-electron chi connectivity index (χ3n) is 1.71. The number of amidine groups is 1. The molecule has 82 valence electrons. The third kappa shape index (κ3) is 3.48. The average molecular weight is 291 g/mol. The lowest BCUT2D eigenvalue weighted by molar-refractivity contribution is 0.820. The smallest absolute Gasteiger partial charge is 0.143 e. The number of nitrogens with one attached hydrogen (secondary N) is 1. The molecule has 3 nitrogen and oxygen atoms in total. The highest BCUT2D eigenvalue weighted by atomic mass is 79.9. The lowest BCUT2D eigenvalue weighted by Gasteiger charge is -2.10. The Morgan fingerprint density at radius 3 is 2.73 bits per heavy atom. The Morgan fingerprint density at radius 2 is 2.20 bits per heavy atom. The summed E-state index contributed by atoms with van der Waals surface area (Å²) in [6.45, 7) is 3.96. The van der Waals surface area contributed by atoms with Gasteiger partial charge in [-0.2, -0.15) is 0 Å². The van der Waals surface area contributed by atoms with Crippen LogP contribution in [0.15, 0.2) is 27.7 Å². The molecule has 0 amide bonds. The van der Waals surface area contributed by atoms with Gasteiger partial charge in [0.15, 0.2) is 0 Å². The van der Waals surface area contributed by atoms with Gasteiger partial charge in [-0.1, -0.05) is 27.5 Å². The molecule has 0 spiro atoms. The molecule has 0 unspecified atom stereocenters. The van der Waals surface area contributed by atoms with Gasteiger partial charge in [-0.3, -0.25) is 4.99 Å². The van der Waals surface area contributed by atoms with E-state index in [0.29, 0.717) is 10.9 Å². The van der Waals surface area contributed by atoms with Gasteiger partial charge in [0, 0.05) is 21.1 Å². The Bertz CT molecular complexity index is 377. The van der Waals surface area contributed by atoms with Crippen molar-refractivity contribution in [2.45, 2.75) is 19.9 Å². The summed E-state index contributed by atoms with van der Waals surface area (Å²) in [7, 11) is 0. The number of hydrazine groups is 1. The van der Waals surface area contributed by atoms with Crippen LogP contribution in [0.4, 0.5) is 0 Å². The first kappa shape index (κ1) is 12.5. The molecule has 0 aliphatic carbocycles. The van der Waals surface area contributed by atoms with E-state index in [4.69, 9.17) is 17.4 Å². The van der Waals surface area contributed by atoms with Gasteiger partial charge in [-0.25, -0.2) is 5.84 Å². The molecule has 0 saturated carbocycles. The van der Waals surface area contributed by atoms with Crippen LogP contribution in [0.2, 0.25) is 5.02 Å². The first-order valence-corrected chi connectivity index (χ1v) is 5.71. The van der Waals surface area contributed by atoms with Gasteiger partial charge in [0.25, 0.3) is 0 Å². The van der Waals surface area contributed by atoms with Crippen LogP contribution in [0.25, 0.3) is 0 Å². The number of rotatable bonds is 2. The number of hydrogen-bond acceptors (Lipinski definition) is 2. The van der Waals surface area contributed by atoms with E-state index in [1.54, 1.807) is 6.07 Å². The molecule has 0 atom stereocenters. The van der Waals surface area contributed by atoms with E-state index in [0.717, 1.165) is 10.0 Å². The molecular weight excluding hydrogens is 277 g/mol. The molecule has 1 aromatic carbocycles. The molecule has 0 aliphatic rings. The van der Waals surface area contributed by atoms with Crippen LogP contribution in [0.3, 0.4) is 0 Å². The van der Waals surface area contributed by atoms with Crippen LogP contribution < -0.4 is 11.3 Å². The maximum absolute atomic E-state index is 5.91. The fraction of sp³-hybridized carbons (Fsp3) is 0.300. The van der Waals surface area contributed by atoms with Gasteiger partial charge in [-0.05, 0) is 32.0 Å². The maximum atomic E-state index is 5.91. The second-order valence-corrected chi connectivity index (χ2v) is 4.63. The largest absolute Gasteiger partial charge is 0.308 e. The van der Waals surface area contributed by atoms with Crippen molar-refractivity contribution in [3.8, 4) is 0 Å². The van der Waals surface area contributed by atoms with E-state index in [9.17, 15) is 0 Å². The van der Waals surface area contributed by atoms with Crippen molar-refractivity contribution in [3.63, 3.8) is 0 Å². The van der Waals surface area contributed by atoms with Gasteiger partial charge in [0.05, 0.1) is 0 Å². The number of aliphatic imine (C=N–C) groups is 1. The van der Waals surface area contributed by atoms with E-state index in [1.807, 2.05) is 26.0 Å². The summed E-state index contributed by atoms with van der Waals surface area (Å²) in [5, 5.41) is 0.653. The highest BCUT2D eigenvalue weighted by molar-refractivity contribution is 9.10. The summed E-state index contributed by atoms with van der Waals surface area (Å²) in [5.74, 6) is 6.05. The Balaban J connectivity index is 3.17. The van der Waals surface area contributed by atoms with Crippen molar-refractivity contribution >= 4 is 33.4 Å². The fourth-order valence-corrected chi connectivity index (χ4v) is 1.73. The Labute approximate surface area is 103 Å². The number of benzene rings is 1. The third-order valence-corrected chi connectivity index (χ3v) is 2.63. The van der Waals surface area contributed by atoms with Gasteiger partial charge in [-0.15, -0.1) is 0 Å². The molecule has 5 heteroatoms. The molecule has 0 saturated heterocycles. The Kier molecular flexibility index (Phi) is 4.57. The summed E-state index contributed by atoms with van der Waals surface area (Å²) in [4.78, 5) is 4.36. The minimum absolute atomic E-state index is 0.168. The van der Waals surface area contributed by atoms with E-state index >= 15 is 0 Å². The van der Waals surface area contributed by atoms with Crippen LogP contribution >= 0.6 is 27.5 Å². The van der Waals surface area contributed by atoms with Crippen LogP contribution in [-0.2, 0) is 0 Å². The lowest BCUT2D eigenvalue weighted by Crippen LogP contribution is -2.32. The first-order valence-electron chi connectivity index (χ1n) is 4.54. The topological polar surface area (TPSA) is 50.4 Å². The molecule has 0 fully saturated rings. The van der Waals surface area contributed by atoms with Crippen molar-refractivity contribution in [2.24, 2.45) is 10.8 Å². The number of nitrogens with two attached hydrogens (primary N) is 1. The van der Waals surface area contributed by atoms with Gasteiger partial charge >= 0.3 is 0 Å². The van der Waals surface area contributed by atoms with E-state index in [2.05, 4.69) is 26.3 Å². The zero-order valence-electron chi connectivity index (χ0n) is 8.59. The van der Waals surface area contributed by atoms with Crippen LogP contribution in [0.1, 0.15) is 19.4 Å². The monoisotopic (exact) mass is 289 g/mol. The summed E-state index contributed by atoms with van der Waals surface area (Å²) >= 11 is 9.34. The van der Waals surface area contributed by atoms with Crippen molar-refractivity contribution in [1.82, 2.24) is 5.43 Å². The Hall–Kier alpha value is -0.580. The molecule has 0 aromatic heterocycles. The fourth-order valence-electron chi connectivity index (χ4n) is 1.12. The van der Waals surface area contributed by atoms with Crippen molar-refractivity contribution in [1.29, 1.82) is 0 Å². The zero-order valence-corrected chi connectivity index (χ0v) is 10.9. The molecule has 0 bridgehead atoms. The van der Waals surface area contributed by atoms with Crippen molar-refractivity contribution in [3.05, 3.63) is 33.3 Å². The molecule has 1 aromatic rings. The average Bonchev–Trinajstić information content (AvgIpc) is 2.18. The van der Waals surface area contributed by atoms with Gasteiger partial charge in [0.2, 0.25) is 0 Å². The molecule has 0 radical (unpaired) electrons. The van der Waals surface area contributed by atoms with Crippen molar-refractivity contribution < 1.29 is 0 Å². The lowest BCUT2D eigenvalue weighted by atomic mass is 10.2. The van der Waals surface area contributed by atoms with Crippen LogP contribution in [-0.4, -0.2) is 11.9 Å². The van der Waals surface area contributed by atoms with Gasteiger partial charge in [0.1, 0.15) is 5.84 Å². The van der Waals surface area contributed by atoms with Gasteiger partial charge < -0.3 is 5.43 Å². The van der Waals surface area contributed by atoms with Crippen LogP contribution in [0.5, 0.6) is 0 Å². The standard InChI is InChI=1S/C10H13BrClN3/c1-6(2)14-10(15-13)8-5-7(12)3-4-9(8)11/h3-6H,13H2,1-2H3,(H,14,15). The molecular formula is C10H13BrClN3. The quantitative estimate of drug-likeness (QED) is 0.381. The van der Waals surface area contributed by atoms with E-state index in [-0.39, 0.29) is 6.04 Å². The second kappa shape index (κ2) is 5.49. The summed E-state index contributed by atoms with van der Waals surface area (Å²) < 4.78 is 0.907. The number of halogens is 2. The molecule has 0 aliphatic heterocycles.